The topological polar surface area (TPSA) is 126 Å². The summed E-state index contributed by atoms with van der Waals surface area (Å²) >= 11 is 0. The van der Waals surface area contributed by atoms with Crippen LogP contribution in [0.4, 0.5) is 4.39 Å². The van der Waals surface area contributed by atoms with E-state index in [2.05, 4.69) is 4.98 Å². The third kappa shape index (κ3) is 5.20. The molecular weight excluding hydrogens is 493 g/mol. The maximum atomic E-state index is 15.4. The molecule has 0 saturated carbocycles. The van der Waals surface area contributed by atoms with Gasteiger partial charge in [-0.2, -0.15) is 0 Å². The number of oxazole rings is 1. The van der Waals surface area contributed by atoms with Crippen molar-refractivity contribution in [2.75, 3.05) is 19.8 Å². The molecule has 0 aliphatic carbocycles. The lowest BCUT2D eigenvalue weighted by Gasteiger charge is -2.21. The van der Waals surface area contributed by atoms with Crippen molar-refractivity contribution in [2.24, 2.45) is 0 Å². The lowest BCUT2D eigenvalue weighted by atomic mass is 9.85. The van der Waals surface area contributed by atoms with Gasteiger partial charge in [-0.25, -0.2) is 9.37 Å². The Kier molecular flexibility index (Phi) is 7.44. The molecule has 0 spiro atoms. The summed E-state index contributed by atoms with van der Waals surface area (Å²) in [6, 6.07) is 5.04. The number of amidine groups is 1. The Morgan fingerprint density at radius 1 is 1.18 bits per heavy atom. The average molecular weight is 526 g/mol. The summed E-state index contributed by atoms with van der Waals surface area (Å²) in [7, 11) is 0. The van der Waals surface area contributed by atoms with E-state index in [1.807, 2.05) is 20.8 Å². The average Bonchev–Trinajstić information content (AvgIpc) is 3.39. The zero-order valence-corrected chi connectivity index (χ0v) is 22.2. The van der Waals surface area contributed by atoms with Crippen molar-refractivity contribution in [3.8, 4) is 11.5 Å². The van der Waals surface area contributed by atoms with Crippen LogP contribution in [-0.2, 0) is 23.2 Å². The van der Waals surface area contributed by atoms with Gasteiger partial charge in [-0.05, 0) is 43.0 Å². The standard InChI is InChI=1S/C28H32FN3O6/c1-6-36-20-12-16-13-32(27(30)23(16)24(29)26(20)37-7-2)14-19(33)15-10-17(28(3,4)5)25-18(11-15)31-21(38-25)8-9-22(34)35/h10-12,30H,6-9,13-14H2,1-5H3,(H,34,35). The second kappa shape index (κ2) is 10.4. The Hall–Kier alpha value is -3.95. The first-order valence-corrected chi connectivity index (χ1v) is 12.6. The van der Waals surface area contributed by atoms with E-state index in [-0.39, 0.29) is 66.6 Å². The number of Topliss-reactive ketones (excluding diaryl/α,β-unsaturated/α-hetero) is 1. The summed E-state index contributed by atoms with van der Waals surface area (Å²) in [4.78, 5) is 30.4. The Morgan fingerprint density at radius 3 is 2.53 bits per heavy atom. The molecule has 0 fully saturated rings. The van der Waals surface area contributed by atoms with E-state index in [0.717, 1.165) is 5.56 Å². The molecule has 0 radical (unpaired) electrons. The van der Waals surface area contributed by atoms with Gasteiger partial charge in [-0.3, -0.25) is 15.0 Å². The molecule has 2 N–H and O–H groups in total. The summed E-state index contributed by atoms with van der Waals surface area (Å²) in [5, 5.41) is 17.6. The fourth-order valence-electron chi connectivity index (χ4n) is 4.54. The fraction of sp³-hybridized carbons (Fsp3) is 0.429. The Morgan fingerprint density at radius 2 is 1.89 bits per heavy atom. The number of carboxylic acids is 1. The van der Waals surface area contributed by atoms with E-state index < -0.39 is 11.8 Å². The molecule has 0 atom stereocenters. The van der Waals surface area contributed by atoms with Gasteiger partial charge in [0.1, 0.15) is 11.4 Å². The van der Waals surface area contributed by atoms with Crippen molar-refractivity contribution in [3.05, 3.63) is 52.2 Å². The number of hydrogen-bond acceptors (Lipinski definition) is 7. The molecule has 10 heteroatoms. The monoisotopic (exact) mass is 525 g/mol. The molecule has 3 aromatic rings. The van der Waals surface area contributed by atoms with E-state index in [4.69, 9.17) is 24.4 Å². The van der Waals surface area contributed by atoms with Gasteiger partial charge in [0.25, 0.3) is 0 Å². The Labute approximate surface area is 220 Å². The number of aryl methyl sites for hydroxylation is 1. The third-order valence-electron chi connectivity index (χ3n) is 6.32. The van der Waals surface area contributed by atoms with Crippen LogP contribution < -0.4 is 9.47 Å². The Bertz CT molecular complexity index is 1420. The van der Waals surface area contributed by atoms with Gasteiger partial charge in [-0.15, -0.1) is 0 Å². The van der Waals surface area contributed by atoms with E-state index in [1.165, 1.54) is 4.90 Å². The number of nitrogens with zero attached hydrogens (tertiary/aromatic N) is 2. The highest BCUT2D eigenvalue weighted by atomic mass is 19.1. The quantitative estimate of drug-likeness (QED) is 0.350. The molecule has 2 heterocycles. The molecule has 0 amide bonds. The van der Waals surface area contributed by atoms with E-state index in [9.17, 15) is 9.59 Å². The SMILES string of the molecule is CCOc1cc2c(c(F)c1OCC)C(=N)N(CC(=O)c1cc(C(C)(C)C)c3oc(CCC(=O)O)nc3c1)C2. The molecule has 0 unspecified atom stereocenters. The highest BCUT2D eigenvalue weighted by molar-refractivity contribution is 6.06. The number of halogens is 1. The van der Waals surface area contributed by atoms with Crippen LogP contribution in [-0.4, -0.2) is 52.3 Å². The van der Waals surface area contributed by atoms with Crippen molar-refractivity contribution >= 4 is 28.7 Å². The van der Waals surface area contributed by atoms with E-state index in [0.29, 0.717) is 34.7 Å². The summed E-state index contributed by atoms with van der Waals surface area (Å²) in [6.45, 7) is 10.1. The van der Waals surface area contributed by atoms with Gasteiger partial charge in [0.2, 0.25) is 0 Å². The first-order valence-electron chi connectivity index (χ1n) is 12.6. The number of rotatable bonds is 10. The highest BCUT2D eigenvalue weighted by Crippen LogP contribution is 2.39. The summed E-state index contributed by atoms with van der Waals surface area (Å²) in [6.07, 6.45) is 0.0206. The number of benzene rings is 2. The minimum absolute atomic E-state index is 0.0315. The minimum atomic E-state index is -0.952. The second-order valence-electron chi connectivity index (χ2n) is 10.2. The van der Waals surface area contributed by atoms with Gasteiger partial charge in [0, 0.05) is 24.1 Å². The second-order valence-corrected chi connectivity index (χ2v) is 10.2. The normalized spacial score (nSPS) is 13.2. The minimum Gasteiger partial charge on any atom is -0.490 e. The maximum Gasteiger partial charge on any atom is 0.303 e. The number of carbonyl (C=O) groups excluding carboxylic acids is 1. The first-order chi connectivity index (χ1) is 17.9. The number of fused-ring (bicyclic) bond motifs is 2. The van der Waals surface area contributed by atoms with Crippen LogP contribution >= 0.6 is 0 Å². The maximum absolute atomic E-state index is 15.4. The summed E-state index contributed by atoms with van der Waals surface area (Å²) < 4.78 is 32.3. The predicted molar refractivity (Wildman–Crippen MR) is 139 cm³/mol. The van der Waals surface area contributed by atoms with Crippen LogP contribution in [0.1, 0.15) is 74.0 Å². The van der Waals surface area contributed by atoms with Gasteiger partial charge in [-0.1, -0.05) is 20.8 Å². The van der Waals surface area contributed by atoms with Crippen molar-refractivity contribution < 1.29 is 33.0 Å². The molecule has 2 aromatic carbocycles. The molecule has 0 bridgehead atoms. The van der Waals surface area contributed by atoms with Crippen molar-refractivity contribution in [2.45, 2.75) is 59.4 Å². The molecule has 0 saturated heterocycles. The summed E-state index contributed by atoms with van der Waals surface area (Å²) in [5.74, 6) is -1.44. The van der Waals surface area contributed by atoms with Crippen LogP contribution in [0.25, 0.3) is 11.1 Å². The molecule has 1 aliphatic heterocycles. The molecule has 38 heavy (non-hydrogen) atoms. The molecule has 1 aliphatic rings. The third-order valence-corrected chi connectivity index (χ3v) is 6.32. The van der Waals surface area contributed by atoms with Gasteiger partial charge >= 0.3 is 5.97 Å². The van der Waals surface area contributed by atoms with Crippen LogP contribution in [0.5, 0.6) is 11.5 Å². The van der Waals surface area contributed by atoms with Crippen molar-refractivity contribution in [3.63, 3.8) is 0 Å². The van der Waals surface area contributed by atoms with E-state index in [1.54, 1.807) is 32.0 Å². The van der Waals surface area contributed by atoms with Crippen LogP contribution in [0.2, 0.25) is 0 Å². The van der Waals surface area contributed by atoms with Crippen LogP contribution in [0, 0.1) is 11.2 Å². The van der Waals surface area contributed by atoms with Crippen LogP contribution in [0.15, 0.2) is 22.6 Å². The number of ether oxygens (including phenoxy) is 2. The first kappa shape index (κ1) is 27.1. The molecule has 9 nitrogen and oxygen atoms in total. The molecule has 202 valence electrons. The van der Waals surface area contributed by atoms with Crippen molar-refractivity contribution in [1.29, 1.82) is 5.41 Å². The van der Waals surface area contributed by atoms with Gasteiger partial charge < -0.3 is 23.9 Å². The number of carboxylic acid groups (broad SMARTS) is 1. The highest BCUT2D eigenvalue weighted by Gasteiger charge is 2.33. The lowest BCUT2D eigenvalue weighted by molar-refractivity contribution is -0.137. The number of aliphatic carboxylic acids is 1. The van der Waals surface area contributed by atoms with Gasteiger partial charge in [0.15, 0.2) is 34.6 Å². The Balaban J connectivity index is 1.64. The summed E-state index contributed by atoms with van der Waals surface area (Å²) in [5.41, 5.74) is 2.41. The molecule has 1 aromatic heterocycles. The number of ketones is 1. The number of hydrogen-bond donors (Lipinski definition) is 2. The largest absolute Gasteiger partial charge is 0.490 e. The van der Waals surface area contributed by atoms with E-state index >= 15 is 4.39 Å². The van der Waals surface area contributed by atoms with Crippen LogP contribution in [0.3, 0.4) is 0 Å². The number of aromatic nitrogens is 1. The lowest BCUT2D eigenvalue weighted by Crippen LogP contribution is -2.30. The van der Waals surface area contributed by atoms with Crippen molar-refractivity contribution in [1.82, 2.24) is 9.88 Å². The zero-order valence-electron chi connectivity index (χ0n) is 22.2. The smallest absolute Gasteiger partial charge is 0.303 e. The predicted octanol–water partition coefficient (Wildman–Crippen LogP) is 5.10. The molecular formula is C28H32FN3O6. The van der Waals surface area contributed by atoms with Gasteiger partial charge in [0.05, 0.1) is 31.7 Å². The number of carbonyl (C=O) groups is 2. The zero-order chi connectivity index (χ0) is 27.8. The molecule has 4 rings (SSSR count). The number of nitrogens with one attached hydrogen (secondary N) is 1. The fourth-order valence-corrected chi connectivity index (χ4v) is 4.54.